The van der Waals surface area contributed by atoms with E-state index in [0.717, 1.165) is 25.5 Å². The van der Waals surface area contributed by atoms with Crippen LogP contribution in [0.15, 0.2) is 12.4 Å². The van der Waals surface area contributed by atoms with Gasteiger partial charge in [0.25, 0.3) is 0 Å². The quantitative estimate of drug-likeness (QED) is 0.717. The van der Waals surface area contributed by atoms with Crippen molar-refractivity contribution in [1.82, 2.24) is 14.5 Å². The second kappa shape index (κ2) is 3.67. The van der Waals surface area contributed by atoms with Crippen molar-refractivity contribution in [3.05, 3.63) is 18.2 Å². The third-order valence-electron chi connectivity index (χ3n) is 2.73. The summed E-state index contributed by atoms with van der Waals surface area (Å²) in [7, 11) is 0. The maximum absolute atomic E-state index is 5.62. The summed E-state index contributed by atoms with van der Waals surface area (Å²) in [6, 6.07) is 0.162. The van der Waals surface area contributed by atoms with Gasteiger partial charge in [0.1, 0.15) is 5.82 Å². The number of hydrogen-bond acceptors (Lipinski definition) is 3. The number of thiocarbonyl (C=S) groups is 1. The Morgan fingerprint density at radius 3 is 3.14 bits per heavy atom. The monoisotopic (exact) mass is 210 g/mol. The summed E-state index contributed by atoms with van der Waals surface area (Å²) < 4.78 is 2.17. The smallest absolute Gasteiger partial charge is 0.122 e. The Labute approximate surface area is 88.7 Å². The number of aromatic nitrogens is 2. The van der Waals surface area contributed by atoms with Crippen LogP contribution in [-0.4, -0.2) is 32.0 Å². The van der Waals surface area contributed by atoms with Gasteiger partial charge in [-0.05, 0) is 6.92 Å². The van der Waals surface area contributed by atoms with Crippen LogP contribution in [0.3, 0.4) is 0 Å². The average Bonchev–Trinajstić information content (AvgIpc) is 2.62. The van der Waals surface area contributed by atoms with Crippen LogP contribution in [0.25, 0.3) is 0 Å². The Kier molecular flexibility index (Phi) is 2.52. The van der Waals surface area contributed by atoms with Crippen molar-refractivity contribution < 1.29 is 0 Å². The van der Waals surface area contributed by atoms with Crippen molar-refractivity contribution in [2.45, 2.75) is 26.1 Å². The molecule has 0 saturated heterocycles. The molecule has 5 heteroatoms. The van der Waals surface area contributed by atoms with Crippen LogP contribution in [0.5, 0.6) is 0 Å². The molecule has 1 aliphatic heterocycles. The molecular formula is C9H14N4S. The second-order valence-electron chi connectivity index (χ2n) is 3.59. The minimum atomic E-state index is 0.162. The second-order valence-corrected chi connectivity index (χ2v) is 4.06. The van der Waals surface area contributed by atoms with E-state index >= 15 is 0 Å². The lowest BCUT2D eigenvalue weighted by Crippen LogP contribution is -2.45. The lowest BCUT2D eigenvalue weighted by atomic mass is 10.2. The molecule has 2 N–H and O–H groups in total. The summed E-state index contributed by atoms with van der Waals surface area (Å²) in [5.41, 5.74) is 5.62. The molecule has 0 aromatic carbocycles. The van der Waals surface area contributed by atoms with Gasteiger partial charge in [0.2, 0.25) is 0 Å². The fourth-order valence-corrected chi connectivity index (χ4v) is 1.85. The van der Waals surface area contributed by atoms with Crippen LogP contribution >= 0.6 is 12.2 Å². The topological polar surface area (TPSA) is 47.1 Å². The molecule has 0 radical (unpaired) electrons. The Hall–Kier alpha value is -0.940. The first-order valence-corrected chi connectivity index (χ1v) is 5.12. The molecule has 1 aromatic heterocycles. The maximum atomic E-state index is 5.62. The van der Waals surface area contributed by atoms with Gasteiger partial charge < -0.3 is 10.3 Å². The molecule has 1 atom stereocenters. The molecule has 0 fully saturated rings. The summed E-state index contributed by atoms with van der Waals surface area (Å²) >= 11 is 4.99. The lowest BCUT2D eigenvalue weighted by Gasteiger charge is -2.31. The molecule has 1 aliphatic rings. The SMILES string of the molecule is CC(C(N)=S)N1CCn2ccnc2C1. The molecular weight excluding hydrogens is 196 g/mol. The van der Waals surface area contributed by atoms with E-state index < -0.39 is 0 Å². The van der Waals surface area contributed by atoms with Gasteiger partial charge in [0, 0.05) is 25.5 Å². The van der Waals surface area contributed by atoms with Gasteiger partial charge in [-0.3, -0.25) is 4.90 Å². The Bertz CT molecular complexity index is 346. The zero-order valence-corrected chi connectivity index (χ0v) is 9.00. The van der Waals surface area contributed by atoms with E-state index in [0.29, 0.717) is 4.99 Å². The van der Waals surface area contributed by atoms with E-state index in [1.54, 1.807) is 0 Å². The molecule has 0 amide bonds. The van der Waals surface area contributed by atoms with Crippen LogP contribution in [0.2, 0.25) is 0 Å². The molecule has 1 aromatic rings. The highest BCUT2D eigenvalue weighted by molar-refractivity contribution is 7.80. The van der Waals surface area contributed by atoms with Crippen LogP contribution in [-0.2, 0) is 13.1 Å². The van der Waals surface area contributed by atoms with Crippen molar-refractivity contribution in [1.29, 1.82) is 0 Å². The zero-order chi connectivity index (χ0) is 10.1. The highest BCUT2D eigenvalue weighted by Gasteiger charge is 2.22. The van der Waals surface area contributed by atoms with Crippen molar-refractivity contribution in [2.75, 3.05) is 6.54 Å². The van der Waals surface area contributed by atoms with Gasteiger partial charge in [-0.2, -0.15) is 0 Å². The Morgan fingerprint density at radius 2 is 2.43 bits per heavy atom. The van der Waals surface area contributed by atoms with Gasteiger partial charge in [0.05, 0.1) is 17.6 Å². The van der Waals surface area contributed by atoms with Crippen molar-refractivity contribution in [3.63, 3.8) is 0 Å². The standard InChI is InChI=1S/C9H14N4S/c1-7(9(10)14)13-5-4-12-3-2-11-8(12)6-13/h2-3,7H,4-6H2,1H3,(H2,10,14). The van der Waals surface area contributed by atoms with Crippen molar-refractivity contribution in [2.24, 2.45) is 5.73 Å². The fraction of sp³-hybridized carbons (Fsp3) is 0.556. The first-order valence-electron chi connectivity index (χ1n) is 4.72. The minimum Gasteiger partial charge on any atom is -0.392 e. The normalized spacial score (nSPS) is 18.9. The number of nitrogens with two attached hydrogens (primary N) is 1. The molecule has 2 heterocycles. The molecule has 76 valence electrons. The molecule has 2 rings (SSSR count). The predicted molar refractivity (Wildman–Crippen MR) is 58.9 cm³/mol. The largest absolute Gasteiger partial charge is 0.392 e. The molecule has 0 spiro atoms. The first kappa shape index (κ1) is 9.61. The highest BCUT2D eigenvalue weighted by Crippen LogP contribution is 2.12. The Morgan fingerprint density at radius 1 is 1.64 bits per heavy atom. The summed E-state index contributed by atoms with van der Waals surface area (Å²) in [5.74, 6) is 1.10. The molecule has 0 aliphatic carbocycles. The number of fused-ring (bicyclic) bond motifs is 1. The number of hydrogen-bond donors (Lipinski definition) is 1. The van der Waals surface area contributed by atoms with E-state index in [4.69, 9.17) is 18.0 Å². The van der Waals surface area contributed by atoms with E-state index in [1.807, 2.05) is 19.3 Å². The van der Waals surface area contributed by atoms with E-state index in [2.05, 4.69) is 14.5 Å². The van der Waals surface area contributed by atoms with Crippen LogP contribution in [0, 0.1) is 0 Å². The van der Waals surface area contributed by atoms with Gasteiger partial charge in [-0.15, -0.1) is 0 Å². The van der Waals surface area contributed by atoms with Crippen LogP contribution in [0.1, 0.15) is 12.7 Å². The summed E-state index contributed by atoms with van der Waals surface area (Å²) in [6.07, 6.45) is 3.85. The number of nitrogens with zero attached hydrogens (tertiary/aromatic N) is 3. The van der Waals surface area contributed by atoms with Crippen LogP contribution in [0.4, 0.5) is 0 Å². The summed E-state index contributed by atoms with van der Waals surface area (Å²) in [4.78, 5) is 7.10. The van der Waals surface area contributed by atoms with Gasteiger partial charge >= 0.3 is 0 Å². The van der Waals surface area contributed by atoms with Crippen molar-refractivity contribution >= 4 is 17.2 Å². The van der Waals surface area contributed by atoms with Gasteiger partial charge in [0.15, 0.2) is 0 Å². The van der Waals surface area contributed by atoms with Gasteiger partial charge in [-0.1, -0.05) is 12.2 Å². The van der Waals surface area contributed by atoms with Crippen LogP contribution < -0.4 is 5.73 Å². The number of rotatable bonds is 2. The van der Waals surface area contributed by atoms with Crippen molar-refractivity contribution in [3.8, 4) is 0 Å². The van der Waals surface area contributed by atoms with E-state index in [-0.39, 0.29) is 6.04 Å². The summed E-state index contributed by atoms with van der Waals surface area (Å²) in [6.45, 7) is 4.84. The molecule has 14 heavy (non-hydrogen) atoms. The lowest BCUT2D eigenvalue weighted by molar-refractivity contribution is 0.200. The van der Waals surface area contributed by atoms with Gasteiger partial charge in [-0.25, -0.2) is 4.98 Å². The number of imidazole rings is 1. The molecule has 1 unspecified atom stereocenters. The highest BCUT2D eigenvalue weighted by atomic mass is 32.1. The third kappa shape index (κ3) is 1.65. The summed E-state index contributed by atoms with van der Waals surface area (Å²) in [5, 5.41) is 0. The fourth-order valence-electron chi connectivity index (χ4n) is 1.70. The van der Waals surface area contributed by atoms with E-state index in [1.165, 1.54) is 0 Å². The molecule has 0 saturated carbocycles. The molecule has 4 nitrogen and oxygen atoms in total. The third-order valence-corrected chi connectivity index (χ3v) is 3.07. The zero-order valence-electron chi connectivity index (χ0n) is 8.18. The molecule has 0 bridgehead atoms. The Balaban J connectivity index is 2.11. The van der Waals surface area contributed by atoms with E-state index in [9.17, 15) is 0 Å². The first-order chi connectivity index (χ1) is 6.68. The minimum absolute atomic E-state index is 0.162. The average molecular weight is 210 g/mol. The predicted octanol–water partition coefficient (Wildman–Crippen LogP) is 0.373. The maximum Gasteiger partial charge on any atom is 0.122 e.